The Balaban J connectivity index is 2.99. The third kappa shape index (κ3) is 4.47. The van der Waals surface area contributed by atoms with E-state index < -0.39 is 34.1 Å². The number of hydrogen-bond acceptors (Lipinski definition) is 5. The van der Waals surface area contributed by atoms with E-state index in [4.69, 9.17) is 15.9 Å². The number of nitrogens with two attached hydrogens (primary N) is 1. The van der Waals surface area contributed by atoms with Crippen LogP contribution in [0.5, 0.6) is 0 Å². The molecule has 0 unspecified atom stereocenters. The lowest BCUT2D eigenvalue weighted by atomic mass is 10.1. The number of sulfonamides is 1. The van der Waals surface area contributed by atoms with E-state index in [0.29, 0.717) is 0 Å². The van der Waals surface area contributed by atoms with Gasteiger partial charge < -0.3 is 15.9 Å². The first-order valence-electron chi connectivity index (χ1n) is 5.06. The van der Waals surface area contributed by atoms with Gasteiger partial charge in [-0.2, -0.15) is 0 Å². The van der Waals surface area contributed by atoms with Crippen LogP contribution < -0.4 is 10.5 Å². The van der Waals surface area contributed by atoms with Gasteiger partial charge in [0.1, 0.15) is 0 Å². The van der Waals surface area contributed by atoms with Crippen molar-refractivity contribution in [2.45, 2.75) is 6.42 Å². The zero-order valence-corrected chi connectivity index (χ0v) is 10.5. The molecular formula is C10H12N2O6S. The number of nitrogens with one attached hydrogen (secondary N) is 1. The monoisotopic (exact) mass is 288 g/mol. The van der Waals surface area contributed by atoms with Crippen molar-refractivity contribution in [1.29, 1.82) is 0 Å². The normalized spacial score (nSPS) is 10.9. The highest BCUT2D eigenvalue weighted by Crippen LogP contribution is 2.20. The third-order valence-corrected chi connectivity index (χ3v) is 3.40. The van der Waals surface area contributed by atoms with E-state index >= 15 is 0 Å². The number of aromatic carboxylic acids is 1. The highest BCUT2D eigenvalue weighted by atomic mass is 32.2. The molecule has 5 N–H and O–H groups in total. The summed E-state index contributed by atoms with van der Waals surface area (Å²) in [5.41, 5.74) is 5.11. The van der Waals surface area contributed by atoms with Crippen molar-refractivity contribution in [3.63, 3.8) is 0 Å². The molecule has 0 heterocycles. The highest BCUT2D eigenvalue weighted by Gasteiger charge is 2.17. The predicted molar refractivity (Wildman–Crippen MR) is 67.5 cm³/mol. The summed E-state index contributed by atoms with van der Waals surface area (Å²) in [7, 11) is -3.93. The standard InChI is InChI=1S/C10H12N2O6S/c11-6-1-2-8(7(5-6)10(15)16)12-19(17,18)4-3-9(13)14/h1-2,5,12H,3-4,11H2,(H,13,14)(H,15,16). The number of anilines is 2. The summed E-state index contributed by atoms with van der Waals surface area (Å²) < 4.78 is 25.2. The highest BCUT2D eigenvalue weighted by molar-refractivity contribution is 7.92. The van der Waals surface area contributed by atoms with Crippen LogP contribution in [0.2, 0.25) is 0 Å². The van der Waals surface area contributed by atoms with Crippen LogP contribution in [-0.4, -0.2) is 36.3 Å². The molecule has 0 fully saturated rings. The van der Waals surface area contributed by atoms with Crippen LogP contribution in [0.1, 0.15) is 16.8 Å². The summed E-state index contributed by atoms with van der Waals surface area (Å²) in [6.07, 6.45) is -0.577. The van der Waals surface area contributed by atoms with Crippen LogP contribution in [0.15, 0.2) is 18.2 Å². The molecule has 0 atom stereocenters. The fourth-order valence-electron chi connectivity index (χ4n) is 1.27. The van der Waals surface area contributed by atoms with Crippen molar-refractivity contribution in [2.24, 2.45) is 0 Å². The molecule has 0 amide bonds. The van der Waals surface area contributed by atoms with Crippen molar-refractivity contribution in [1.82, 2.24) is 0 Å². The van der Waals surface area contributed by atoms with Gasteiger partial charge in [-0.15, -0.1) is 0 Å². The number of carboxylic acids is 2. The lowest BCUT2D eigenvalue weighted by Crippen LogP contribution is -2.20. The van der Waals surface area contributed by atoms with Gasteiger partial charge in [-0.1, -0.05) is 0 Å². The van der Waals surface area contributed by atoms with Gasteiger partial charge in [0.25, 0.3) is 0 Å². The van der Waals surface area contributed by atoms with E-state index in [1.54, 1.807) is 0 Å². The molecular weight excluding hydrogens is 276 g/mol. The van der Waals surface area contributed by atoms with Crippen molar-refractivity contribution >= 4 is 33.3 Å². The zero-order valence-electron chi connectivity index (χ0n) is 9.66. The van der Waals surface area contributed by atoms with E-state index in [1.807, 2.05) is 4.72 Å². The van der Waals surface area contributed by atoms with Gasteiger partial charge in [-0.25, -0.2) is 13.2 Å². The number of rotatable bonds is 6. The Morgan fingerprint density at radius 2 is 1.89 bits per heavy atom. The van der Waals surface area contributed by atoms with Gasteiger partial charge in [0.15, 0.2) is 0 Å². The van der Waals surface area contributed by atoms with Crippen molar-refractivity contribution in [3.05, 3.63) is 23.8 Å². The van der Waals surface area contributed by atoms with E-state index in [9.17, 15) is 18.0 Å². The maximum atomic E-state index is 11.6. The first kappa shape index (κ1) is 14.8. The third-order valence-electron chi connectivity index (χ3n) is 2.12. The predicted octanol–water partition coefficient (Wildman–Crippen LogP) is 0.183. The summed E-state index contributed by atoms with van der Waals surface area (Å²) in [5.74, 6) is -3.25. The lowest BCUT2D eigenvalue weighted by Gasteiger charge is -2.10. The van der Waals surface area contributed by atoms with Crippen LogP contribution in [0, 0.1) is 0 Å². The molecule has 0 saturated carbocycles. The smallest absolute Gasteiger partial charge is 0.337 e. The summed E-state index contributed by atoms with van der Waals surface area (Å²) in [6, 6.07) is 3.65. The first-order chi connectivity index (χ1) is 8.71. The minimum atomic E-state index is -3.93. The Bertz CT molecular complexity index is 610. The molecule has 0 saturated heterocycles. The second kappa shape index (κ2) is 5.57. The second-order valence-electron chi connectivity index (χ2n) is 3.67. The minimum absolute atomic E-state index is 0.160. The number of carbonyl (C=O) groups is 2. The van der Waals surface area contributed by atoms with Crippen molar-refractivity contribution in [2.75, 3.05) is 16.2 Å². The minimum Gasteiger partial charge on any atom is -0.481 e. The Morgan fingerprint density at radius 1 is 1.26 bits per heavy atom. The second-order valence-corrected chi connectivity index (χ2v) is 5.52. The van der Waals surface area contributed by atoms with E-state index in [1.165, 1.54) is 12.1 Å². The average Bonchev–Trinajstić information content (AvgIpc) is 2.28. The van der Waals surface area contributed by atoms with Gasteiger partial charge in [-0.3, -0.25) is 9.52 Å². The Kier molecular flexibility index (Phi) is 4.33. The molecule has 0 aliphatic rings. The van der Waals surface area contributed by atoms with Gasteiger partial charge >= 0.3 is 11.9 Å². The molecule has 0 bridgehead atoms. The fourth-order valence-corrected chi connectivity index (χ4v) is 2.33. The van der Waals surface area contributed by atoms with Crippen molar-refractivity contribution < 1.29 is 28.2 Å². The number of benzene rings is 1. The topological polar surface area (TPSA) is 147 Å². The Hall–Kier alpha value is -2.29. The van der Waals surface area contributed by atoms with Crippen LogP contribution in [0.25, 0.3) is 0 Å². The molecule has 104 valence electrons. The van der Waals surface area contributed by atoms with Crippen molar-refractivity contribution in [3.8, 4) is 0 Å². The van der Waals surface area contributed by atoms with Crippen LogP contribution >= 0.6 is 0 Å². The quantitative estimate of drug-likeness (QED) is 0.546. The molecule has 0 spiro atoms. The number of aliphatic carboxylic acids is 1. The van der Waals surface area contributed by atoms with Gasteiger partial charge in [-0.05, 0) is 18.2 Å². The Morgan fingerprint density at radius 3 is 2.42 bits per heavy atom. The van der Waals surface area contributed by atoms with Crippen LogP contribution in [0.3, 0.4) is 0 Å². The maximum Gasteiger partial charge on any atom is 0.337 e. The molecule has 19 heavy (non-hydrogen) atoms. The summed E-state index contributed by atoms with van der Waals surface area (Å²) >= 11 is 0. The van der Waals surface area contributed by atoms with Crippen LogP contribution in [0.4, 0.5) is 11.4 Å². The molecule has 0 radical (unpaired) electrons. The number of hydrogen-bond donors (Lipinski definition) is 4. The summed E-state index contributed by atoms with van der Waals surface area (Å²) in [5, 5.41) is 17.3. The molecule has 1 rings (SSSR count). The molecule has 8 nitrogen and oxygen atoms in total. The maximum absolute atomic E-state index is 11.6. The zero-order chi connectivity index (χ0) is 14.6. The number of carboxylic acid groups (broad SMARTS) is 2. The molecule has 9 heteroatoms. The average molecular weight is 288 g/mol. The summed E-state index contributed by atoms with van der Waals surface area (Å²) in [6.45, 7) is 0. The molecule has 1 aromatic carbocycles. The summed E-state index contributed by atoms with van der Waals surface area (Å²) in [4.78, 5) is 21.3. The molecule has 0 aliphatic heterocycles. The lowest BCUT2D eigenvalue weighted by molar-refractivity contribution is -0.136. The van der Waals surface area contributed by atoms with Gasteiger partial charge in [0.2, 0.25) is 10.0 Å². The Labute approximate surface area is 108 Å². The largest absolute Gasteiger partial charge is 0.481 e. The molecule has 1 aromatic rings. The first-order valence-corrected chi connectivity index (χ1v) is 6.71. The van der Waals surface area contributed by atoms with E-state index in [2.05, 4.69) is 0 Å². The van der Waals surface area contributed by atoms with Crippen LogP contribution in [-0.2, 0) is 14.8 Å². The SMILES string of the molecule is Nc1ccc(NS(=O)(=O)CCC(=O)O)c(C(=O)O)c1. The van der Waals surface area contributed by atoms with Gasteiger partial charge in [0, 0.05) is 5.69 Å². The van der Waals surface area contributed by atoms with Gasteiger partial charge in [0.05, 0.1) is 23.4 Å². The van der Waals surface area contributed by atoms with E-state index in [-0.39, 0.29) is 16.9 Å². The van der Waals surface area contributed by atoms with E-state index in [0.717, 1.165) is 6.07 Å². The molecule has 0 aliphatic carbocycles. The number of nitrogen functional groups attached to an aromatic ring is 1. The molecule has 0 aromatic heterocycles. The fraction of sp³-hybridized carbons (Fsp3) is 0.200.